The molecule has 9 nitrogen and oxygen atoms in total. The Balaban J connectivity index is 1.76. The third-order valence-electron chi connectivity index (χ3n) is 3.82. The molecule has 1 atom stereocenters. The number of aliphatic hydroxyl groups excluding tert-OH is 1. The first-order chi connectivity index (χ1) is 13.2. The van der Waals surface area contributed by atoms with E-state index in [4.69, 9.17) is 14.2 Å². The lowest BCUT2D eigenvalue weighted by atomic mass is 10.2. The number of ether oxygens (including phenoxy) is 3. The van der Waals surface area contributed by atoms with Gasteiger partial charge in [-0.3, -0.25) is 4.57 Å². The van der Waals surface area contributed by atoms with Crippen LogP contribution < -0.4 is 0 Å². The fourth-order valence-corrected chi connectivity index (χ4v) is 2.82. The molecule has 0 amide bonds. The van der Waals surface area contributed by atoms with Crippen molar-refractivity contribution in [1.29, 1.82) is 0 Å². The number of aliphatic hydroxyl groups is 1. The molecule has 0 aliphatic carbocycles. The predicted octanol–water partition coefficient (Wildman–Crippen LogP) is 2.62. The van der Waals surface area contributed by atoms with Crippen LogP contribution in [0.2, 0.25) is 0 Å². The van der Waals surface area contributed by atoms with E-state index in [1.54, 1.807) is 10.9 Å². The number of unbranched alkanes of at least 4 members (excludes halogenated alkanes) is 3. The standard InChI is InChI=1S/C17H26N4O5S/c1-3-4-5-6-7-24-17(23)25-9-13(8-22)26-12-21-11-20-14-15(21)18-10-19-16(14)27-2/h10-11,13,22H,3-9,12H2,1-2H3. The van der Waals surface area contributed by atoms with E-state index >= 15 is 0 Å². The topological polar surface area (TPSA) is 109 Å². The highest BCUT2D eigenvalue weighted by Gasteiger charge is 2.15. The summed E-state index contributed by atoms with van der Waals surface area (Å²) in [6, 6.07) is 0. The maximum atomic E-state index is 11.6. The summed E-state index contributed by atoms with van der Waals surface area (Å²) in [7, 11) is 0. The fourth-order valence-electron chi connectivity index (χ4n) is 2.33. The summed E-state index contributed by atoms with van der Waals surface area (Å²) >= 11 is 1.48. The summed E-state index contributed by atoms with van der Waals surface area (Å²) in [5.41, 5.74) is 1.33. The Morgan fingerprint density at radius 2 is 2.11 bits per heavy atom. The van der Waals surface area contributed by atoms with Crippen LogP contribution >= 0.6 is 11.8 Å². The molecule has 0 spiro atoms. The molecule has 0 saturated carbocycles. The number of carbonyl (C=O) groups excluding carboxylic acids is 1. The van der Waals surface area contributed by atoms with Crippen LogP contribution in [0.5, 0.6) is 0 Å². The first-order valence-corrected chi connectivity index (χ1v) is 10.1. The average Bonchev–Trinajstić information content (AvgIpc) is 3.11. The summed E-state index contributed by atoms with van der Waals surface area (Å²) in [5.74, 6) is 0. The summed E-state index contributed by atoms with van der Waals surface area (Å²) in [6.45, 7) is 2.18. The van der Waals surface area contributed by atoms with Crippen molar-refractivity contribution in [1.82, 2.24) is 19.5 Å². The minimum absolute atomic E-state index is 0.0953. The van der Waals surface area contributed by atoms with E-state index in [1.807, 2.05) is 6.26 Å². The molecule has 0 aromatic carbocycles. The van der Waals surface area contributed by atoms with Gasteiger partial charge in [0.15, 0.2) is 5.65 Å². The van der Waals surface area contributed by atoms with Crippen molar-refractivity contribution in [2.75, 3.05) is 26.1 Å². The number of aromatic nitrogens is 4. The molecule has 0 aliphatic rings. The second-order valence-corrected chi connectivity index (χ2v) is 6.63. The molecule has 2 rings (SSSR count). The Kier molecular flexibility index (Phi) is 9.29. The van der Waals surface area contributed by atoms with Gasteiger partial charge in [0.25, 0.3) is 0 Å². The molecule has 0 fully saturated rings. The van der Waals surface area contributed by atoms with Crippen LogP contribution in [0.25, 0.3) is 11.2 Å². The largest absolute Gasteiger partial charge is 0.508 e. The SMILES string of the molecule is CCCCCCOC(=O)OCC(CO)OCn1cnc2c(SC)ncnc21. The van der Waals surface area contributed by atoms with Gasteiger partial charge in [-0.15, -0.1) is 11.8 Å². The van der Waals surface area contributed by atoms with Crippen LogP contribution in [-0.4, -0.2) is 63.0 Å². The fraction of sp³-hybridized carbons (Fsp3) is 0.647. The molecule has 1 unspecified atom stereocenters. The van der Waals surface area contributed by atoms with Gasteiger partial charge in [0.2, 0.25) is 0 Å². The van der Waals surface area contributed by atoms with E-state index < -0.39 is 12.3 Å². The van der Waals surface area contributed by atoms with Gasteiger partial charge in [-0.05, 0) is 12.7 Å². The third kappa shape index (κ3) is 6.64. The lowest BCUT2D eigenvalue weighted by molar-refractivity contribution is -0.0616. The van der Waals surface area contributed by atoms with Crippen molar-refractivity contribution < 1.29 is 24.1 Å². The molecule has 2 aromatic heterocycles. The van der Waals surface area contributed by atoms with Gasteiger partial charge in [0, 0.05) is 0 Å². The smallest absolute Gasteiger partial charge is 0.434 e. The highest BCUT2D eigenvalue weighted by atomic mass is 32.2. The molecule has 10 heteroatoms. The molecule has 27 heavy (non-hydrogen) atoms. The molecule has 0 saturated heterocycles. The van der Waals surface area contributed by atoms with E-state index in [1.165, 1.54) is 18.1 Å². The number of hydrogen-bond donors (Lipinski definition) is 1. The van der Waals surface area contributed by atoms with Crippen LogP contribution in [0.1, 0.15) is 32.6 Å². The van der Waals surface area contributed by atoms with Crippen LogP contribution in [-0.2, 0) is 20.9 Å². The summed E-state index contributed by atoms with van der Waals surface area (Å²) in [6.07, 6.45) is 7.63. The second-order valence-electron chi connectivity index (χ2n) is 5.84. The molecule has 1 N–H and O–H groups in total. The number of nitrogens with zero attached hydrogens (tertiary/aromatic N) is 4. The van der Waals surface area contributed by atoms with Gasteiger partial charge in [0.05, 0.1) is 19.5 Å². The molecular weight excluding hydrogens is 372 g/mol. The number of hydrogen-bond acceptors (Lipinski definition) is 9. The average molecular weight is 398 g/mol. The maximum Gasteiger partial charge on any atom is 0.508 e. The van der Waals surface area contributed by atoms with E-state index in [2.05, 4.69) is 21.9 Å². The van der Waals surface area contributed by atoms with Crippen LogP contribution in [0.15, 0.2) is 17.7 Å². The molecule has 150 valence electrons. The van der Waals surface area contributed by atoms with E-state index in [0.29, 0.717) is 17.8 Å². The molecule has 0 bridgehead atoms. The molecule has 0 aliphatic heterocycles. The van der Waals surface area contributed by atoms with Crippen LogP contribution in [0.4, 0.5) is 4.79 Å². The minimum Gasteiger partial charge on any atom is -0.434 e. The van der Waals surface area contributed by atoms with Gasteiger partial charge < -0.3 is 19.3 Å². The Hall–Kier alpha value is -1.91. The van der Waals surface area contributed by atoms with Gasteiger partial charge in [0.1, 0.15) is 36.3 Å². The normalized spacial score (nSPS) is 12.3. The van der Waals surface area contributed by atoms with Crippen molar-refractivity contribution in [3.8, 4) is 0 Å². The molecule has 2 heterocycles. The monoisotopic (exact) mass is 398 g/mol. The van der Waals surface area contributed by atoms with Crippen LogP contribution in [0, 0.1) is 0 Å². The van der Waals surface area contributed by atoms with Crippen molar-refractivity contribution in [2.24, 2.45) is 0 Å². The van der Waals surface area contributed by atoms with Gasteiger partial charge in [-0.25, -0.2) is 19.7 Å². The number of fused-ring (bicyclic) bond motifs is 1. The molecular formula is C17H26N4O5S. The Morgan fingerprint density at radius 3 is 2.85 bits per heavy atom. The van der Waals surface area contributed by atoms with E-state index in [0.717, 1.165) is 30.7 Å². The summed E-state index contributed by atoms with van der Waals surface area (Å²) < 4.78 is 17.3. The highest BCUT2D eigenvalue weighted by Crippen LogP contribution is 2.20. The number of carbonyl (C=O) groups is 1. The Labute approximate surface area is 162 Å². The summed E-state index contributed by atoms with van der Waals surface area (Å²) in [4.78, 5) is 24.2. The van der Waals surface area contributed by atoms with Crippen molar-refractivity contribution in [3.63, 3.8) is 0 Å². The van der Waals surface area contributed by atoms with E-state index in [-0.39, 0.29) is 19.9 Å². The van der Waals surface area contributed by atoms with Gasteiger partial charge in [-0.2, -0.15) is 0 Å². The lowest BCUT2D eigenvalue weighted by Gasteiger charge is -2.16. The number of thioether (sulfide) groups is 1. The zero-order valence-electron chi connectivity index (χ0n) is 15.7. The lowest BCUT2D eigenvalue weighted by Crippen LogP contribution is -2.27. The van der Waals surface area contributed by atoms with Gasteiger partial charge >= 0.3 is 6.16 Å². The Morgan fingerprint density at radius 1 is 1.26 bits per heavy atom. The van der Waals surface area contributed by atoms with Crippen molar-refractivity contribution in [3.05, 3.63) is 12.7 Å². The first-order valence-electron chi connectivity index (χ1n) is 8.91. The predicted molar refractivity (Wildman–Crippen MR) is 101 cm³/mol. The summed E-state index contributed by atoms with van der Waals surface area (Å²) in [5, 5.41) is 10.2. The quantitative estimate of drug-likeness (QED) is 0.250. The van der Waals surface area contributed by atoms with Crippen LogP contribution in [0.3, 0.4) is 0 Å². The number of imidazole rings is 1. The third-order valence-corrected chi connectivity index (χ3v) is 4.50. The van der Waals surface area contributed by atoms with Gasteiger partial charge in [-0.1, -0.05) is 26.2 Å². The van der Waals surface area contributed by atoms with Crippen molar-refractivity contribution in [2.45, 2.75) is 50.5 Å². The maximum absolute atomic E-state index is 11.6. The minimum atomic E-state index is -0.751. The van der Waals surface area contributed by atoms with Crippen molar-refractivity contribution >= 4 is 29.1 Å². The highest BCUT2D eigenvalue weighted by molar-refractivity contribution is 7.98. The molecule has 0 radical (unpaired) electrons. The zero-order valence-corrected chi connectivity index (χ0v) is 16.5. The van der Waals surface area contributed by atoms with E-state index in [9.17, 15) is 9.90 Å². The second kappa shape index (κ2) is 11.7. The molecule has 2 aromatic rings. The Bertz CT molecular complexity index is 712. The first kappa shape index (κ1) is 21.4. The number of rotatable bonds is 12. The zero-order chi connectivity index (χ0) is 19.5.